The van der Waals surface area contributed by atoms with Crippen molar-refractivity contribution in [2.45, 2.75) is 19.1 Å². The first-order valence-corrected chi connectivity index (χ1v) is 6.56. The number of aliphatic hydroxyl groups excluding tert-OH is 1. The van der Waals surface area contributed by atoms with Gasteiger partial charge in [0.15, 0.2) is 0 Å². The lowest BCUT2D eigenvalue weighted by molar-refractivity contribution is -0.0293. The van der Waals surface area contributed by atoms with Crippen molar-refractivity contribution in [1.82, 2.24) is 0 Å². The molecular weight excluding hydrogens is 256 g/mol. The topological polar surface area (TPSA) is 65.7 Å². The van der Waals surface area contributed by atoms with Crippen molar-refractivity contribution in [3.05, 3.63) is 29.8 Å². The maximum atomic E-state index is 9.95. The summed E-state index contributed by atoms with van der Waals surface area (Å²) in [6, 6.07) is 9.38. The predicted octanol–water partition coefficient (Wildman–Crippen LogP) is 1.41. The molecule has 2 atom stereocenters. The predicted molar refractivity (Wildman–Crippen MR) is 77.7 cm³/mol. The van der Waals surface area contributed by atoms with E-state index in [4.69, 9.17) is 14.7 Å². The average Bonchev–Trinajstić information content (AvgIpc) is 2.45. The van der Waals surface area contributed by atoms with Gasteiger partial charge in [-0.05, 0) is 25.1 Å². The summed E-state index contributed by atoms with van der Waals surface area (Å²) in [4.78, 5) is 1.90. The summed E-state index contributed by atoms with van der Waals surface area (Å²) in [6.07, 6.45) is -0.632. The van der Waals surface area contributed by atoms with Crippen molar-refractivity contribution < 1.29 is 14.6 Å². The second-order valence-corrected chi connectivity index (χ2v) is 4.80. The fourth-order valence-electron chi connectivity index (χ4n) is 1.85. The molecule has 0 saturated carbocycles. The Balaban J connectivity index is 2.44. The fourth-order valence-corrected chi connectivity index (χ4v) is 1.85. The van der Waals surface area contributed by atoms with Gasteiger partial charge in [-0.15, -0.1) is 0 Å². The molecule has 2 unspecified atom stereocenters. The molecular formula is C15H22N2O3. The summed E-state index contributed by atoms with van der Waals surface area (Å²) in [5, 5.41) is 18.8. The van der Waals surface area contributed by atoms with Crippen LogP contribution in [0.15, 0.2) is 24.3 Å². The van der Waals surface area contributed by atoms with Crippen LogP contribution in [0, 0.1) is 11.3 Å². The second-order valence-electron chi connectivity index (χ2n) is 4.80. The number of rotatable bonds is 8. The number of likely N-dealkylation sites (N-methyl/N-ethyl adjacent to an activating group) is 1. The van der Waals surface area contributed by atoms with Crippen LogP contribution in [0.3, 0.4) is 0 Å². The molecule has 1 rings (SSSR count). The highest BCUT2D eigenvalue weighted by molar-refractivity contribution is 5.50. The van der Waals surface area contributed by atoms with E-state index in [1.165, 1.54) is 0 Å². The number of benzene rings is 1. The average molecular weight is 278 g/mol. The van der Waals surface area contributed by atoms with Crippen molar-refractivity contribution in [2.75, 3.05) is 38.8 Å². The Morgan fingerprint density at radius 1 is 1.40 bits per heavy atom. The van der Waals surface area contributed by atoms with Crippen LogP contribution in [0.4, 0.5) is 5.69 Å². The number of ether oxygens (including phenoxy) is 2. The van der Waals surface area contributed by atoms with Crippen LogP contribution in [0.25, 0.3) is 0 Å². The van der Waals surface area contributed by atoms with Crippen LogP contribution in [0.1, 0.15) is 12.5 Å². The van der Waals surface area contributed by atoms with Gasteiger partial charge in [0, 0.05) is 26.4 Å². The third-order valence-corrected chi connectivity index (χ3v) is 2.88. The maximum absolute atomic E-state index is 9.95. The first-order chi connectivity index (χ1) is 9.56. The zero-order valence-corrected chi connectivity index (χ0v) is 12.2. The molecule has 0 fully saturated rings. The molecule has 0 spiro atoms. The number of aliphatic hydroxyl groups is 1. The minimum absolute atomic E-state index is 0.0399. The van der Waals surface area contributed by atoms with Gasteiger partial charge in [0.25, 0.3) is 0 Å². The lowest BCUT2D eigenvalue weighted by Crippen LogP contribution is -2.33. The molecule has 110 valence electrons. The monoisotopic (exact) mass is 278 g/mol. The van der Waals surface area contributed by atoms with E-state index in [9.17, 15) is 5.11 Å². The summed E-state index contributed by atoms with van der Waals surface area (Å²) in [5.41, 5.74) is 1.50. The van der Waals surface area contributed by atoms with Crippen LogP contribution in [-0.4, -0.2) is 51.2 Å². The lowest BCUT2D eigenvalue weighted by Gasteiger charge is -2.23. The zero-order chi connectivity index (χ0) is 15.0. The van der Waals surface area contributed by atoms with Gasteiger partial charge >= 0.3 is 0 Å². The van der Waals surface area contributed by atoms with Crippen molar-refractivity contribution in [1.29, 1.82) is 5.26 Å². The van der Waals surface area contributed by atoms with Crippen molar-refractivity contribution in [3.8, 4) is 6.07 Å². The van der Waals surface area contributed by atoms with Crippen LogP contribution in [-0.2, 0) is 9.47 Å². The van der Waals surface area contributed by atoms with E-state index >= 15 is 0 Å². The molecule has 0 aromatic heterocycles. The molecule has 0 saturated heterocycles. The van der Waals surface area contributed by atoms with Crippen LogP contribution < -0.4 is 4.90 Å². The van der Waals surface area contributed by atoms with Gasteiger partial charge in [-0.25, -0.2) is 0 Å². The van der Waals surface area contributed by atoms with E-state index in [0.29, 0.717) is 18.7 Å². The van der Waals surface area contributed by atoms with Gasteiger partial charge < -0.3 is 19.5 Å². The van der Waals surface area contributed by atoms with Gasteiger partial charge in [0.1, 0.15) is 0 Å². The van der Waals surface area contributed by atoms with Crippen LogP contribution in [0.5, 0.6) is 0 Å². The maximum Gasteiger partial charge on any atom is 0.0992 e. The van der Waals surface area contributed by atoms with Crippen molar-refractivity contribution in [2.24, 2.45) is 0 Å². The Morgan fingerprint density at radius 2 is 2.15 bits per heavy atom. The molecule has 1 N–H and O–H groups in total. The number of hydrogen-bond donors (Lipinski definition) is 1. The third-order valence-electron chi connectivity index (χ3n) is 2.88. The van der Waals surface area contributed by atoms with Crippen molar-refractivity contribution in [3.63, 3.8) is 0 Å². The lowest BCUT2D eigenvalue weighted by atomic mass is 10.2. The van der Waals surface area contributed by atoms with Gasteiger partial charge in [0.05, 0.1) is 37.1 Å². The molecule has 20 heavy (non-hydrogen) atoms. The molecule has 0 radical (unpaired) electrons. The number of anilines is 1. The zero-order valence-electron chi connectivity index (χ0n) is 12.2. The number of nitrogens with zero attached hydrogens (tertiary/aromatic N) is 2. The Kier molecular flexibility index (Phi) is 7.02. The van der Waals surface area contributed by atoms with Gasteiger partial charge in [0.2, 0.25) is 0 Å². The van der Waals surface area contributed by atoms with E-state index in [2.05, 4.69) is 6.07 Å². The Labute approximate surface area is 120 Å². The summed E-state index contributed by atoms with van der Waals surface area (Å²) in [5.74, 6) is 0. The molecule has 0 aliphatic carbocycles. The third kappa shape index (κ3) is 5.57. The summed E-state index contributed by atoms with van der Waals surface area (Å²) in [6.45, 7) is 3.10. The first-order valence-electron chi connectivity index (χ1n) is 6.56. The number of hydrogen-bond acceptors (Lipinski definition) is 5. The van der Waals surface area contributed by atoms with E-state index in [0.717, 1.165) is 5.69 Å². The highest BCUT2D eigenvalue weighted by atomic mass is 16.5. The van der Waals surface area contributed by atoms with E-state index in [-0.39, 0.29) is 12.7 Å². The minimum atomic E-state index is -0.593. The van der Waals surface area contributed by atoms with E-state index in [1.54, 1.807) is 19.2 Å². The molecule has 0 bridgehead atoms. The fraction of sp³-hybridized carbons (Fsp3) is 0.533. The first kappa shape index (κ1) is 16.4. The second kappa shape index (κ2) is 8.54. The molecule has 0 aliphatic heterocycles. The van der Waals surface area contributed by atoms with Gasteiger partial charge in [-0.2, -0.15) is 5.26 Å². The Morgan fingerprint density at radius 3 is 2.80 bits per heavy atom. The summed E-state index contributed by atoms with van der Waals surface area (Å²) >= 11 is 0. The number of methoxy groups -OCH3 is 1. The largest absolute Gasteiger partial charge is 0.389 e. The van der Waals surface area contributed by atoms with E-state index < -0.39 is 6.10 Å². The molecule has 1 aromatic rings. The summed E-state index contributed by atoms with van der Waals surface area (Å²) in [7, 11) is 3.49. The van der Waals surface area contributed by atoms with E-state index in [1.807, 2.05) is 31.0 Å². The molecule has 5 heteroatoms. The highest BCUT2D eigenvalue weighted by Crippen LogP contribution is 2.14. The minimum Gasteiger partial charge on any atom is -0.389 e. The highest BCUT2D eigenvalue weighted by Gasteiger charge is 2.11. The van der Waals surface area contributed by atoms with Crippen molar-refractivity contribution >= 4 is 5.69 Å². The Bertz CT molecular complexity index is 445. The molecule has 5 nitrogen and oxygen atoms in total. The quantitative estimate of drug-likeness (QED) is 0.779. The molecule has 0 heterocycles. The van der Waals surface area contributed by atoms with Gasteiger partial charge in [-0.3, -0.25) is 0 Å². The molecule has 0 aliphatic rings. The molecule has 0 amide bonds. The van der Waals surface area contributed by atoms with Crippen LogP contribution >= 0.6 is 0 Å². The summed E-state index contributed by atoms with van der Waals surface area (Å²) < 4.78 is 10.4. The van der Waals surface area contributed by atoms with Gasteiger partial charge in [-0.1, -0.05) is 6.07 Å². The SMILES string of the molecule is COCC(C)OCC(O)CN(C)c1cccc(C#N)c1. The smallest absolute Gasteiger partial charge is 0.0992 e. The van der Waals surface area contributed by atoms with Crippen LogP contribution in [0.2, 0.25) is 0 Å². The molecule has 1 aromatic carbocycles. The normalized spacial score (nSPS) is 13.6. The number of nitriles is 1. The standard InChI is InChI=1S/C15H22N2O3/c1-12(10-19-3)20-11-15(18)9-17(2)14-6-4-5-13(7-14)8-16/h4-7,12,15,18H,9-11H2,1-3H3. The Hall–Kier alpha value is -1.61.